The van der Waals surface area contributed by atoms with Crippen molar-refractivity contribution in [1.29, 1.82) is 0 Å². The van der Waals surface area contributed by atoms with E-state index in [9.17, 15) is 0 Å². The highest BCUT2D eigenvalue weighted by atomic mass is 35.5. The van der Waals surface area contributed by atoms with Gasteiger partial charge in [0, 0.05) is 12.6 Å². The van der Waals surface area contributed by atoms with Gasteiger partial charge in [0.1, 0.15) is 0 Å². The van der Waals surface area contributed by atoms with Crippen LogP contribution in [0.5, 0.6) is 11.5 Å². The van der Waals surface area contributed by atoms with Gasteiger partial charge in [0.2, 0.25) is 0 Å². The molecule has 0 bridgehead atoms. The molecule has 0 aliphatic rings. The monoisotopic (exact) mass is 299 g/mol. The predicted molar refractivity (Wildman–Crippen MR) is 85.0 cm³/mol. The molecule has 1 aromatic rings. The summed E-state index contributed by atoms with van der Waals surface area (Å²) >= 11 is 6.20. The topological polar surface area (TPSA) is 30.5 Å². The van der Waals surface area contributed by atoms with E-state index in [0.717, 1.165) is 12.1 Å². The van der Waals surface area contributed by atoms with Crippen molar-refractivity contribution < 1.29 is 9.47 Å². The Labute approximate surface area is 127 Å². The lowest BCUT2D eigenvalue weighted by Crippen LogP contribution is -2.25. The van der Waals surface area contributed by atoms with Gasteiger partial charge in [0.15, 0.2) is 11.5 Å². The second-order valence-electron chi connectivity index (χ2n) is 5.09. The van der Waals surface area contributed by atoms with E-state index in [2.05, 4.69) is 19.2 Å². The van der Waals surface area contributed by atoms with Crippen molar-refractivity contribution in [2.75, 3.05) is 14.2 Å². The molecule has 1 rings (SSSR count). The van der Waals surface area contributed by atoms with E-state index in [4.69, 9.17) is 21.1 Å². The zero-order valence-electron chi connectivity index (χ0n) is 13.0. The maximum absolute atomic E-state index is 6.20. The third-order valence-electron chi connectivity index (χ3n) is 3.39. The van der Waals surface area contributed by atoms with E-state index in [0.29, 0.717) is 22.6 Å². The van der Waals surface area contributed by atoms with E-state index < -0.39 is 0 Å². The number of unbranched alkanes of at least 4 members (excludes halogenated alkanes) is 2. The first-order chi connectivity index (χ1) is 9.62. The van der Waals surface area contributed by atoms with Gasteiger partial charge in [-0.05, 0) is 31.0 Å². The number of halogens is 1. The Kier molecular flexibility index (Phi) is 7.78. The first-order valence-corrected chi connectivity index (χ1v) is 7.63. The highest BCUT2D eigenvalue weighted by molar-refractivity contribution is 6.32. The number of methoxy groups -OCH3 is 2. The van der Waals surface area contributed by atoms with E-state index in [1.807, 2.05) is 12.1 Å². The van der Waals surface area contributed by atoms with E-state index in [1.165, 1.54) is 25.7 Å². The van der Waals surface area contributed by atoms with Crippen molar-refractivity contribution in [3.05, 3.63) is 22.7 Å². The summed E-state index contributed by atoms with van der Waals surface area (Å²) in [5.74, 6) is 1.27. The molecule has 0 aromatic heterocycles. The first kappa shape index (κ1) is 17.1. The molecule has 0 saturated heterocycles. The van der Waals surface area contributed by atoms with Crippen LogP contribution in [-0.2, 0) is 6.54 Å². The van der Waals surface area contributed by atoms with Crippen LogP contribution < -0.4 is 14.8 Å². The van der Waals surface area contributed by atoms with Gasteiger partial charge in [-0.1, -0.05) is 37.8 Å². The van der Waals surface area contributed by atoms with Crippen LogP contribution in [0.25, 0.3) is 0 Å². The van der Waals surface area contributed by atoms with Crippen molar-refractivity contribution in [2.24, 2.45) is 0 Å². The van der Waals surface area contributed by atoms with Gasteiger partial charge in [-0.2, -0.15) is 0 Å². The smallest absolute Gasteiger partial charge is 0.179 e. The van der Waals surface area contributed by atoms with Crippen LogP contribution in [0.1, 0.15) is 45.1 Å². The SMILES string of the molecule is CCCCCC(C)NCc1cc(Cl)c(OC)c(OC)c1. The minimum Gasteiger partial charge on any atom is -0.493 e. The third-order valence-corrected chi connectivity index (χ3v) is 3.67. The molecule has 3 nitrogen and oxygen atoms in total. The molecule has 0 spiro atoms. The van der Waals surface area contributed by atoms with Gasteiger partial charge in [0.25, 0.3) is 0 Å². The summed E-state index contributed by atoms with van der Waals surface area (Å²) in [5.41, 5.74) is 1.11. The molecule has 0 saturated carbocycles. The molecule has 0 aliphatic carbocycles. The molecule has 0 aliphatic heterocycles. The van der Waals surface area contributed by atoms with Crippen molar-refractivity contribution >= 4 is 11.6 Å². The minimum atomic E-state index is 0.508. The number of benzene rings is 1. The normalized spacial score (nSPS) is 12.2. The molecule has 0 radical (unpaired) electrons. The predicted octanol–water partition coefficient (Wildman–Crippen LogP) is 4.42. The van der Waals surface area contributed by atoms with Gasteiger partial charge in [-0.3, -0.25) is 0 Å². The Morgan fingerprint density at radius 2 is 1.95 bits per heavy atom. The van der Waals surface area contributed by atoms with Gasteiger partial charge in [-0.15, -0.1) is 0 Å². The van der Waals surface area contributed by atoms with Gasteiger partial charge < -0.3 is 14.8 Å². The molecule has 114 valence electrons. The quantitative estimate of drug-likeness (QED) is 0.685. The van der Waals surface area contributed by atoms with E-state index in [1.54, 1.807) is 14.2 Å². The zero-order chi connectivity index (χ0) is 15.0. The summed E-state index contributed by atoms with van der Waals surface area (Å²) in [6, 6.07) is 4.40. The Hall–Kier alpha value is -0.930. The van der Waals surface area contributed by atoms with Crippen LogP contribution in [-0.4, -0.2) is 20.3 Å². The lowest BCUT2D eigenvalue weighted by molar-refractivity contribution is 0.354. The fraction of sp³-hybridized carbons (Fsp3) is 0.625. The average Bonchev–Trinajstić information content (AvgIpc) is 2.44. The van der Waals surface area contributed by atoms with Crippen LogP contribution in [0, 0.1) is 0 Å². The first-order valence-electron chi connectivity index (χ1n) is 7.26. The Morgan fingerprint density at radius 3 is 2.55 bits per heavy atom. The molecule has 4 heteroatoms. The van der Waals surface area contributed by atoms with Crippen LogP contribution in [0.4, 0.5) is 0 Å². The van der Waals surface area contributed by atoms with E-state index in [-0.39, 0.29) is 0 Å². The standard InChI is InChI=1S/C16H26ClNO2/c1-5-6-7-8-12(2)18-11-13-9-14(17)16(20-4)15(10-13)19-3/h9-10,12,18H,5-8,11H2,1-4H3. The van der Waals surface area contributed by atoms with Gasteiger partial charge >= 0.3 is 0 Å². The van der Waals surface area contributed by atoms with Gasteiger partial charge in [0.05, 0.1) is 19.2 Å². The molecule has 0 heterocycles. The summed E-state index contributed by atoms with van der Waals surface area (Å²) in [6.07, 6.45) is 5.04. The van der Waals surface area contributed by atoms with Crippen LogP contribution in [0.15, 0.2) is 12.1 Å². The number of ether oxygens (including phenoxy) is 2. The molecule has 0 fully saturated rings. The molecule has 0 amide bonds. The van der Waals surface area contributed by atoms with E-state index >= 15 is 0 Å². The summed E-state index contributed by atoms with van der Waals surface area (Å²) in [6.45, 7) is 5.23. The molecule has 1 atom stereocenters. The summed E-state index contributed by atoms with van der Waals surface area (Å²) in [7, 11) is 3.22. The molecule has 1 N–H and O–H groups in total. The van der Waals surface area contributed by atoms with Gasteiger partial charge in [-0.25, -0.2) is 0 Å². The van der Waals surface area contributed by atoms with Crippen LogP contribution >= 0.6 is 11.6 Å². The lowest BCUT2D eigenvalue weighted by atomic mass is 10.1. The lowest BCUT2D eigenvalue weighted by Gasteiger charge is -2.15. The van der Waals surface area contributed by atoms with Crippen molar-refractivity contribution in [1.82, 2.24) is 5.32 Å². The Bertz CT molecular complexity index is 410. The maximum Gasteiger partial charge on any atom is 0.179 e. The van der Waals surface area contributed by atoms with Crippen LogP contribution in [0.3, 0.4) is 0 Å². The van der Waals surface area contributed by atoms with Crippen molar-refractivity contribution in [3.8, 4) is 11.5 Å². The fourth-order valence-corrected chi connectivity index (χ4v) is 2.48. The van der Waals surface area contributed by atoms with Crippen molar-refractivity contribution in [3.63, 3.8) is 0 Å². The average molecular weight is 300 g/mol. The Balaban J connectivity index is 2.58. The molecule has 1 unspecified atom stereocenters. The third kappa shape index (κ3) is 5.22. The van der Waals surface area contributed by atoms with Crippen molar-refractivity contribution in [2.45, 2.75) is 52.1 Å². The second-order valence-corrected chi connectivity index (χ2v) is 5.50. The summed E-state index contributed by atoms with van der Waals surface area (Å²) in [5, 5.41) is 4.10. The Morgan fingerprint density at radius 1 is 1.20 bits per heavy atom. The summed E-state index contributed by atoms with van der Waals surface area (Å²) in [4.78, 5) is 0. The molecule has 20 heavy (non-hydrogen) atoms. The molecular weight excluding hydrogens is 274 g/mol. The number of rotatable bonds is 9. The minimum absolute atomic E-state index is 0.508. The zero-order valence-corrected chi connectivity index (χ0v) is 13.7. The largest absolute Gasteiger partial charge is 0.493 e. The summed E-state index contributed by atoms with van der Waals surface area (Å²) < 4.78 is 10.5. The highest BCUT2D eigenvalue weighted by Gasteiger charge is 2.11. The highest BCUT2D eigenvalue weighted by Crippen LogP contribution is 2.35. The number of hydrogen-bond acceptors (Lipinski definition) is 3. The molecular formula is C16H26ClNO2. The van der Waals surface area contributed by atoms with Crippen LogP contribution in [0.2, 0.25) is 5.02 Å². The maximum atomic E-state index is 6.20. The molecule has 1 aromatic carbocycles. The fourth-order valence-electron chi connectivity index (χ4n) is 2.17. The second kappa shape index (κ2) is 9.09. The number of hydrogen-bond donors (Lipinski definition) is 1. The number of nitrogens with one attached hydrogen (secondary N) is 1.